The van der Waals surface area contributed by atoms with Crippen LogP contribution < -0.4 is 21.9 Å². The molecule has 0 spiro atoms. The first kappa shape index (κ1) is 21.4. The third kappa shape index (κ3) is 4.03. The van der Waals surface area contributed by atoms with Crippen LogP contribution in [0.25, 0.3) is 10.9 Å². The molecule has 3 rings (SSSR count). The number of nitrogen functional groups attached to an aromatic ring is 1. The number of benzene rings is 1. The molecule has 8 nitrogen and oxygen atoms in total. The maximum atomic E-state index is 13.4. The Morgan fingerprint density at radius 1 is 1.13 bits per heavy atom. The number of unbranched alkanes of at least 4 members (excludes halogenated alkanes) is 1. The lowest BCUT2D eigenvalue weighted by Crippen LogP contribution is -2.42. The summed E-state index contributed by atoms with van der Waals surface area (Å²) in [5, 5.41) is 1.05. The van der Waals surface area contributed by atoms with E-state index in [0.29, 0.717) is 25.9 Å². The molecule has 0 unspecified atom stereocenters. The molecule has 160 valence electrons. The molecule has 3 aromatic rings. The van der Waals surface area contributed by atoms with Gasteiger partial charge in [0.15, 0.2) is 5.69 Å². The smallest absolute Gasteiger partial charge is 0.330 e. The summed E-state index contributed by atoms with van der Waals surface area (Å²) in [4.78, 5) is 42.0. The number of H-pyrrole nitrogens is 1. The van der Waals surface area contributed by atoms with Crippen molar-refractivity contribution in [3.8, 4) is 0 Å². The van der Waals surface area contributed by atoms with Gasteiger partial charge in [-0.3, -0.25) is 19.1 Å². The zero-order valence-corrected chi connectivity index (χ0v) is 17.8. The van der Waals surface area contributed by atoms with Crippen LogP contribution in [0.4, 0.5) is 11.5 Å². The molecule has 2 aromatic heterocycles. The van der Waals surface area contributed by atoms with E-state index in [-0.39, 0.29) is 24.0 Å². The molecule has 2 heterocycles. The van der Waals surface area contributed by atoms with Crippen molar-refractivity contribution in [2.75, 3.05) is 17.2 Å². The summed E-state index contributed by atoms with van der Waals surface area (Å²) in [7, 11) is 0. The Labute approximate surface area is 174 Å². The number of anilines is 2. The van der Waals surface area contributed by atoms with Gasteiger partial charge in [-0.05, 0) is 37.3 Å². The summed E-state index contributed by atoms with van der Waals surface area (Å²) < 4.78 is 3.25. The molecule has 1 aromatic carbocycles. The van der Waals surface area contributed by atoms with E-state index in [1.807, 2.05) is 55.7 Å². The first-order chi connectivity index (χ1) is 14.4. The van der Waals surface area contributed by atoms with E-state index in [1.165, 1.54) is 9.47 Å². The van der Waals surface area contributed by atoms with Crippen molar-refractivity contribution in [1.82, 2.24) is 14.1 Å². The van der Waals surface area contributed by atoms with Gasteiger partial charge in [0.2, 0.25) is 5.91 Å². The number of carbonyl (C=O) groups excluding carboxylic acids is 1. The Hall–Kier alpha value is -3.29. The van der Waals surface area contributed by atoms with Crippen molar-refractivity contribution >= 4 is 28.3 Å². The number of carbonyl (C=O) groups is 1. The molecule has 0 fully saturated rings. The Kier molecular flexibility index (Phi) is 6.44. The van der Waals surface area contributed by atoms with Gasteiger partial charge in [-0.25, -0.2) is 4.79 Å². The van der Waals surface area contributed by atoms with Crippen LogP contribution in [0.5, 0.6) is 0 Å². The van der Waals surface area contributed by atoms with Gasteiger partial charge in [-0.2, -0.15) is 0 Å². The predicted octanol–water partition coefficient (Wildman–Crippen LogP) is 2.63. The lowest BCUT2D eigenvalue weighted by molar-refractivity contribution is -0.119. The minimum Gasteiger partial charge on any atom is -0.383 e. The van der Waals surface area contributed by atoms with Gasteiger partial charge in [-0.1, -0.05) is 38.5 Å². The Bertz CT molecular complexity index is 1170. The summed E-state index contributed by atoms with van der Waals surface area (Å²) in [6.45, 7) is 6.67. The summed E-state index contributed by atoms with van der Waals surface area (Å²) >= 11 is 0. The van der Waals surface area contributed by atoms with Crippen LogP contribution >= 0.6 is 0 Å². The van der Waals surface area contributed by atoms with Crippen molar-refractivity contribution in [1.29, 1.82) is 0 Å². The molecule has 30 heavy (non-hydrogen) atoms. The number of aromatic nitrogens is 3. The van der Waals surface area contributed by atoms with E-state index in [0.717, 1.165) is 23.0 Å². The van der Waals surface area contributed by atoms with E-state index in [4.69, 9.17) is 5.73 Å². The number of nitrogens with one attached hydrogen (secondary N) is 1. The number of aryl methyl sites for hydroxylation is 1. The van der Waals surface area contributed by atoms with Crippen molar-refractivity contribution in [3.63, 3.8) is 0 Å². The van der Waals surface area contributed by atoms with Gasteiger partial charge in [-0.15, -0.1) is 0 Å². The number of amides is 1. The molecule has 0 aliphatic heterocycles. The lowest BCUT2D eigenvalue weighted by atomic mass is 10.2. The van der Waals surface area contributed by atoms with Crippen LogP contribution in [-0.2, 0) is 17.9 Å². The number of para-hydroxylation sites is 1. The van der Waals surface area contributed by atoms with Gasteiger partial charge >= 0.3 is 5.69 Å². The molecule has 0 saturated carbocycles. The Balaban J connectivity index is 2.05. The van der Waals surface area contributed by atoms with Crippen LogP contribution in [0.15, 0.2) is 39.9 Å². The molecule has 0 atom stereocenters. The summed E-state index contributed by atoms with van der Waals surface area (Å²) in [5.74, 6) is -0.212. The fraction of sp³-hybridized carbons (Fsp3) is 0.409. The first-order valence-electron chi connectivity index (χ1n) is 10.4. The number of fused-ring (bicyclic) bond motifs is 1. The van der Waals surface area contributed by atoms with Crippen molar-refractivity contribution in [2.45, 2.75) is 53.1 Å². The average Bonchev–Trinajstić information content (AvgIpc) is 3.02. The van der Waals surface area contributed by atoms with Gasteiger partial charge in [0.05, 0.1) is 0 Å². The van der Waals surface area contributed by atoms with Gasteiger partial charge in [0, 0.05) is 24.3 Å². The zero-order valence-electron chi connectivity index (χ0n) is 17.8. The third-order valence-electron chi connectivity index (χ3n) is 5.28. The monoisotopic (exact) mass is 411 g/mol. The summed E-state index contributed by atoms with van der Waals surface area (Å²) in [6, 6.07) is 9.89. The Morgan fingerprint density at radius 2 is 1.87 bits per heavy atom. The van der Waals surface area contributed by atoms with E-state index in [9.17, 15) is 14.4 Å². The molecule has 1 amide bonds. The topological polar surface area (TPSA) is 106 Å². The second-order valence-electron chi connectivity index (χ2n) is 7.47. The van der Waals surface area contributed by atoms with E-state index in [2.05, 4.69) is 4.98 Å². The number of nitrogens with zero attached hydrogens (tertiary/aromatic N) is 3. The number of nitrogens with two attached hydrogens (primary N) is 1. The highest BCUT2D eigenvalue weighted by atomic mass is 16.2. The molecule has 8 heteroatoms. The van der Waals surface area contributed by atoms with Crippen molar-refractivity contribution < 1.29 is 4.79 Å². The normalized spacial score (nSPS) is 11.2. The van der Waals surface area contributed by atoms with Gasteiger partial charge in [0.1, 0.15) is 12.4 Å². The SMILES string of the molecule is CCCCN(C(=O)Cn1c(C)cc2ccccc21)c1c(N)n(CCC)c(=O)[nH]c1=O. The molecule has 0 saturated heterocycles. The molecule has 0 radical (unpaired) electrons. The fourth-order valence-corrected chi connectivity index (χ4v) is 3.74. The number of hydrogen-bond acceptors (Lipinski definition) is 4. The summed E-state index contributed by atoms with van der Waals surface area (Å²) in [6.07, 6.45) is 2.23. The van der Waals surface area contributed by atoms with Gasteiger partial charge in [0.25, 0.3) is 5.56 Å². The summed E-state index contributed by atoms with van der Waals surface area (Å²) in [5.41, 5.74) is 6.99. The molecular formula is C22H29N5O3. The number of aromatic amines is 1. The minimum absolute atomic E-state index is 0.0316. The van der Waals surface area contributed by atoms with Crippen LogP contribution in [0, 0.1) is 6.92 Å². The van der Waals surface area contributed by atoms with Crippen LogP contribution in [0.3, 0.4) is 0 Å². The standard InChI is InChI=1S/C22H29N5O3/c1-4-6-12-25(19-20(23)26(11-5-2)22(30)24-21(19)29)18(28)14-27-15(3)13-16-9-7-8-10-17(16)27/h7-10,13H,4-6,11-12,14,23H2,1-3H3,(H,24,29,30). The molecule has 3 N–H and O–H groups in total. The quantitative estimate of drug-likeness (QED) is 0.594. The second-order valence-corrected chi connectivity index (χ2v) is 7.47. The van der Waals surface area contributed by atoms with Crippen LogP contribution in [0.1, 0.15) is 38.8 Å². The molecule has 0 aliphatic rings. The van der Waals surface area contributed by atoms with E-state index < -0.39 is 11.2 Å². The van der Waals surface area contributed by atoms with Crippen molar-refractivity contribution in [2.24, 2.45) is 0 Å². The third-order valence-corrected chi connectivity index (χ3v) is 5.28. The zero-order chi connectivity index (χ0) is 21.8. The van der Waals surface area contributed by atoms with Crippen LogP contribution in [-0.4, -0.2) is 26.6 Å². The second kappa shape index (κ2) is 9.02. The molecule has 0 bridgehead atoms. The average molecular weight is 412 g/mol. The predicted molar refractivity (Wildman–Crippen MR) is 120 cm³/mol. The highest BCUT2D eigenvalue weighted by Gasteiger charge is 2.24. The first-order valence-corrected chi connectivity index (χ1v) is 10.4. The van der Waals surface area contributed by atoms with Crippen molar-refractivity contribution in [3.05, 3.63) is 56.9 Å². The maximum Gasteiger partial charge on any atom is 0.330 e. The fourth-order valence-electron chi connectivity index (χ4n) is 3.74. The van der Waals surface area contributed by atoms with E-state index >= 15 is 0 Å². The lowest BCUT2D eigenvalue weighted by Gasteiger charge is -2.25. The molecular weight excluding hydrogens is 382 g/mol. The highest BCUT2D eigenvalue weighted by Crippen LogP contribution is 2.22. The maximum absolute atomic E-state index is 13.4. The minimum atomic E-state index is -0.636. The van der Waals surface area contributed by atoms with E-state index in [1.54, 1.807) is 0 Å². The largest absolute Gasteiger partial charge is 0.383 e. The van der Waals surface area contributed by atoms with Gasteiger partial charge < -0.3 is 15.2 Å². The molecule has 0 aliphatic carbocycles. The number of hydrogen-bond donors (Lipinski definition) is 2. The Morgan fingerprint density at radius 3 is 2.57 bits per heavy atom. The number of rotatable bonds is 8. The highest BCUT2D eigenvalue weighted by molar-refractivity contribution is 5.96. The van der Waals surface area contributed by atoms with Crippen LogP contribution in [0.2, 0.25) is 0 Å².